The number of imidazole rings is 1. The molecule has 5 heteroatoms. The molecule has 0 aliphatic carbocycles. The van der Waals surface area contributed by atoms with E-state index in [1.165, 1.54) is 5.69 Å². The number of rotatable bonds is 2. The summed E-state index contributed by atoms with van der Waals surface area (Å²) in [5.41, 5.74) is 3.44. The van der Waals surface area contributed by atoms with E-state index in [1.54, 1.807) is 0 Å². The lowest BCUT2D eigenvalue weighted by Crippen LogP contribution is -2.33. The van der Waals surface area contributed by atoms with Crippen LogP contribution in [0.25, 0.3) is 0 Å². The van der Waals surface area contributed by atoms with Crippen molar-refractivity contribution in [3.8, 4) is 0 Å². The minimum atomic E-state index is 0.836. The summed E-state index contributed by atoms with van der Waals surface area (Å²) >= 11 is 0. The van der Waals surface area contributed by atoms with Gasteiger partial charge in [0.2, 0.25) is 0 Å². The first-order valence-corrected chi connectivity index (χ1v) is 6.30. The lowest BCUT2D eigenvalue weighted by atomic mass is 10.3. The van der Waals surface area contributed by atoms with Crippen molar-refractivity contribution in [1.82, 2.24) is 19.6 Å². The van der Waals surface area contributed by atoms with Crippen LogP contribution in [0.5, 0.6) is 0 Å². The number of hydrogen-bond donors (Lipinski definition) is 0. The molecular formula is C13H18N4O. The van der Waals surface area contributed by atoms with Crippen LogP contribution in [-0.4, -0.2) is 26.2 Å². The summed E-state index contributed by atoms with van der Waals surface area (Å²) in [5.74, 6) is 2.03. The van der Waals surface area contributed by atoms with Gasteiger partial charge in [0.05, 0.1) is 17.9 Å². The second-order valence-corrected chi connectivity index (χ2v) is 4.99. The third-order valence-corrected chi connectivity index (χ3v) is 3.60. The average molecular weight is 246 g/mol. The second kappa shape index (κ2) is 4.24. The molecule has 2 aromatic heterocycles. The van der Waals surface area contributed by atoms with Crippen molar-refractivity contribution < 1.29 is 4.52 Å². The largest absolute Gasteiger partial charge is 0.361 e. The van der Waals surface area contributed by atoms with E-state index in [0.29, 0.717) is 0 Å². The summed E-state index contributed by atoms with van der Waals surface area (Å²) in [6, 6.07) is 2.00. The van der Waals surface area contributed by atoms with Gasteiger partial charge in [-0.2, -0.15) is 0 Å². The lowest BCUT2D eigenvalue weighted by molar-refractivity contribution is 0.202. The summed E-state index contributed by atoms with van der Waals surface area (Å²) in [4.78, 5) is 6.98. The normalized spacial score (nSPS) is 15.9. The Bertz CT molecular complexity index is 570. The van der Waals surface area contributed by atoms with Gasteiger partial charge in [0.25, 0.3) is 0 Å². The van der Waals surface area contributed by atoms with Gasteiger partial charge in [-0.05, 0) is 20.8 Å². The van der Waals surface area contributed by atoms with Gasteiger partial charge in [-0.3, -0.25) is 4.90 Å². The van der Waals surface area contributed by atoms with Crippen molar-refractivity contribution in [3.05, 3.63) is 34.7 Å². The molecule has 1 aliphatic rings. The molecule has 0 saturated heterocycles. The van der Waals surface area contributed by atoms with E-state index in [4.69, 9.17) is 4.52 Å². The maximum Gasteiger partial charge on any atom is 0.133 e. The maximum absolute atomic E-state index is 5.10. The summed E-state index contributed by atoms with van der Waals surface area (Å²) < 4.78 is 7.42. The van der Waals surface area contributed by atoms with Crippen LogP contribution in [0, 0.1) is 20.8 Å². The minimum Gasteiger partial charge on any atom is -0.361 e. The molecule has 3 heterocycles. The smallest absolute Gasteiger partial charge is 0.133 e. The van der Waals surface area contributed by atoms with E-state index < -0.39 is 0 Å². The second-order valence-electron chi connectivity index (χ2n) is 4.99. The van der Waals surface area contributed by atoms with Gasteiger partial charge in [-0.25, -0.2) is 4.98 Å². The van der Waals surface area contributed by atoms with Crippen LogP contribution in [0.2, 0.25) is 0 Å². The molecule has 18 heavy (non-hydrogen) atoms. The molecule has 1 aliphatic heterocycles. The van der Waals surface area contributed by atoms with Crippen LogP contribution < -0.4 is 0 Å². The predicted molar refractivity (Wildman–Crippen MR) is 67.1 cm³/mol. The highest BCUT2D eigenvalue weighted by molar-refractivity contribution is 5.15. The number of hydrogen-bond acceptors (Lipinski definition) is 4. The van der Waals surface area contributed by atoms with E-state index in [0.717, 1.165) is 49.2 Å². The highest BCUT2D eigenvalue weighted by Crippen LogP contribution is 2.18. The van der Waals surface area contributed by atoms with Gasteiger partial charge >= 0.3 is 0 Å². The third-order valence-electron chi connectivity index (χ3n) is 3.60. The van der Waals surface area contributed by atoms with Crippen LogP contribution in [0.4, 0.5) is 0 Å². The third kappa shape index (κ3) is 1.95. The van der Waals surface area contributed by atoms with Gasteiger partial charge in [-0.1, -0.05) is 5.16 Å². The number of nitrogens with zero attached hydrogens (tertiary/aromatic N) is 4. The topological polar surface area (TPSA) is 47.1 Å². The Morgan fingerprint density at radius 1 is 1.28 bits per heavy atom. The zero-order valence-corrected chi connectivity index (χ0v) is 11.1. The van der Waals surface area contributed by atoms with E-state index >= 15 is 0 Å². The van der Waals surface area contributed by atoms with Crippen LogP contribution in [0.3, 0.4) is 0 Å². The molecule has 0 fully saturated rings. The molecule has 5 nitrogen and oxygen atoms in total. The fourth-order valence-electron chi connectivity index (χ4n) is 2.52. The van der Waals surface area contributed by atoms with Crippen molar-refractivity contribution in [2.24, 2.45) is 0 Å². The Kier molecular flexibility index (Phi) is 2.70. The van der Waals surface area contributed by atoms with Crippen molar-refractivity contribution in [2.45, 2.75) is 40.4 Å². The predicted octanol–water partition coefficient (Wildman–Crippen LogP) is 1.81. The molecule has 3 rings (SSSR count). The van der Waals surface area contributed by atoms with E-state index in [2.05, 4.69) is 33.5 Å². The van der Waals surface area contributed by atoms with Gasteiger partial charge in [0.15, 0.2) is 0 Å². The van der Waals surface area contributed by atoms with Gasteiger partial charge in [0, 0.05) is 31.4 Å². The molecule has 0 atom stereocenters. The SMILES string of the molecule is Cc1cc(CN2CCn3c(nc(C)c3C)C2)no1. The fraction of sp³-hybridized carbons (Fsp3) is 0.538. The molecule has 0 saturated carbocycles. The quantitative estimate of drug-likeness (QED) is 0.811. The first-order valence-electron chi connectivity index (χ1n) is 6.30. The van der Waals surface area contributed by atoms with Crippen LogP contribution in [0.1, 0.15) is 28.7 Å². The number of fused-ring (bicyclic) bond motifs is 1. The molecule has 0 aromatic carbocycles. The Morgan fingerprint density at radius 3 is 2.83 bits per heavy atom. The molecule has 0 unspecified atom stereocenters. The van der Waals surface area contributed by atoms with Crippen molar-refractivity contribution in [3.63, 3.8) is 0 Å². The van der Waals surface area contributed by atoms with E-state index in [1.807, 2.05) is 13.0 Å². The molecule has 0 spiro atoms. The molecule has 0 N–H and O–H groups in total. The van der Waals surface area contributed by atoms with Gasteiger partial charge in [0.1, 0.15) is 11.6 Å². The lowest BCUT2D eigenvalue weighted by Gasteiger charge is -2.27. The summed E-state index contributed by atoms with van der Waals surface area (Å²) in [6.07, 6.45) is 0. The monoisotopic (exact) mass is 246 g/mol. The van der Waals surface area contributed by atoms with E-state index in [9.17, 15) is 0 Å². The number of aromatic nitrogens is 3. The zero-order chi connectivity index (χ0) is 12.7. The van der Waals surface area contributed by atoms with Crippen LogP contribution in [0.15, 0.2) is 10.6 Å². The first kappa shape index (κ1) is 11.5. The summed E-state index contributed by atoms with van der Waals surface area (Å²) in [6.45, 7) is 9.91. The Labute approximate surface area is 106 Å². The molecule has 0 bridgehead atoms. The first-order chi connectivity index (χ1) is 8.63. The highest BCUT2D eigenvalue weighted by atomic mass is 16.5. The Morgan fingerprint density at radius 2 is 2.11 bits per heavy atom. The van der Waals surface area contributed by atoms with Crippen molar-refractivity contribution >= 4 is 0 Å². The molecule has 96 valence electrons. The number of aryl methyl sites for hydroxylation is 2. The van der Waals surface area contributed by atoms with Crippen LogP contribution in [-0.2, 0) is 19.6 Å². The van der Waals surface area contributed by atoms with Crippen LogP contribution >= 0.6 is 0 Å². The van der Waals surface area contributed by atoms with E-state index in [-0.39, 0.29) is 0 Å². The average Bonchev–Trinajstić information content (AvgIpc) is 2.85. The molecule has 0 amide bonds. The fourth-order valence-corrected chi connectivity index (χ4v) is 2.52. The molecule has 0 radical (unpaired) electrons. The van der Waals surface area contributed by atoms with Crippen molar-refractivity contribution in [1.29, 1.82) is 0 Å². The van der Waals surface area contributed by atoms with Gasteiger partial charge < -0.3 is 9.09 Å². The molecule has 2 aromatic rings. The summed E-state index contributed by atoms with van der Waals surface area (Å²) in [5, 5.41) is 4.04. The Hall–Kier alpha value is -1.62. The zero-order valence-electron chi connectivity index (χ0n) is 11.1. The minimum absolute atomic E-state index is 0.836. The maximum atomic E-state index is 5.10. The van der Waals surface area contributed by atoms with Crippen molar-refractivity contribution in [2.75, 3.05) is 6.54 Å². The summed E-state index contributed by atoms with van der Waals surface area (Å²) in [7, 11) is 0. The standard InChI is InChI=1S/C13H18N4O/c1-9-6-12(15-18-9)7-16-4-5-17-11(3)10(2)14-13(17)8-16/h6H,4-5,7-8H2,1-3H3. The van der Waals surface area contributed by atoms with Gasteiger partial charge in [-0.15, -0.1) is 0 Å². The molecular weight excluding hydrogens is 228 g/mol. The highest BCUT2D eigenvalue weighted by Gasteiger charge is 2.20. The Balaban J connectivity index is 1.75.